The molecule has 7 rings (SSSR count). The summed E-state index contributed by atoms with van der Waals surface area (Å²) in [4.78, 5) is 34.5. The van der Waals surface area contributed by atoms with E-state index in [-0.39, 0.29) is 10.9 Å². The van der Waals surface area contributed by atoms with Gasteiger partial charge in [-0.25, -0.2) is 0 Å². The first-order valence-electron chi connectivity index (χ1n) is 9.07. The lowest BCUT2D eigenvalue weighted by molar-refractivity contribution is 1.35. The monoisotopic (exact) mass is 358 g/mol. The zero-order valence-corrected chi connectivity index (χ0v) is 14.5. The lowest BCUT2D eigenvalue weighted by atomic mass is 9.88. The van der Waals surface area contributed by atoms with Crippen LogP contribution in [0.4, 0.5) is 0 Å². The second-order valence-electron chi connectivity index (χ2n) is 7.39. The second-order valence-corrected chi connectivity index (χ2v) is 7.39. The van der Waals surface area contributed by atoms with Crippen molar-refractivity contribution in [3.63, 3.8) is 0 Å². The minimum Gasteiger partial charge on any atom is -0.289 e. The highest BCUT2D eigenvalue weighted by Crippen LogP contribution is 2.39. The Balaban J connectivity index is 2.04. The standard InChI is InChI=1S/C24H10N2O2/c27-18-6-16-14-3-1-11-7-25-8-12-2-4-15(22(14)20(11)12)23-19(28)5-13-9-26-10-17(18)21(13)24(16)23/h1-10H. The number of hydrogen-bond donors (Lipinski definition) is 0. The van der Waals surface area contributed by atoms with Crippen LogP contribution < -0.4 is 10.9 Å². The Kier molecular flexibility index (Phi) is 2.27. The zero-order chi connectivity index (χ0) is 18.6. The molecular weight excluding hydrogens is 348 g/mol. The van der Waals surface area contributed by atoms with Crippen molar-refractivity contribution < 1.29 is 0 Å². The van der Waals surface area contributed by atoms with Crippen molar-refractivity contribution in [2.75, 3.05) is 0 Å². The molecule has 0 aliphatic heterocycles. The average molecular weight is 358 g/mol. The molecule has 3 aromatic carbocycles. The van der Waals surface area contributed by atoms with Gasteiger partial charge in [-0.2, -0.15) is 0 Å². The molecule has 0 saturated heterocycles. The highest BCUT2D eigenvalue weighted by atomic mass is 16.1. The Hall–Kier alpha value is -3.92. The molecule has 0 fully saturated rings. The van der Waals surface area contributed by atoms with Gasteiger partial charge in [0.15, 0.2) is 10.9 Å². The first-order valence-corrected chi connectivity index (χ1v) is 9.07. The van der Waals surface area contributed by atoms with E-state index in [1.54, 1.807) is 24.5 Å². The maximum Gasteiger partial charge on any atom is 0.188 e. The quantitative estimate of drug-likeness (QED) is 0.385. The Morgan fingerprint density at radius 2 is 1.21 bits per heavy atom. The van der Waals surface area contributed by atoms with Crippen LogP contribution in [-0.4, -0.2) is 9.97 Å². The maximum atomic E-state index is 13.2. The van der Waals surface area contributed by atoms with Gasteiger partial charge in [-0.15, -0.1) is 0 Å². The predicted octanol–water partition coefficient (Wildman–Crippen LogP) is 4.00. The molecule has 2 aliphatic carbocycles. The van der Waals surface area contributed by atoms with E-state index in [0.717, 1.165) is 53.5 Å². The lowest BCUT2D eigenvalue weighted by Gasteiger charge is -2.15. The van der Waals surface area contributed by atoms with Crippen LogP contribution in [-0.2, 0) is 0 Å². The Labute approximate surface area is 156 Å². The molecule has 0 saturated carbocycles. The third-order valence-electron chi connectivity index (χ3n) is 6.03. The van der Waals surface area contributed by atoms with E-state index in [1.165, 1.54) is 0 Å². The van der Waals surface area contributed by atoms with Crippen LogP contribution in [0.3, 0.4) is 0 Å². The lowest BCUT2D eigenvalue weighted by Crippen LogP contribution is -2.09. The highest BCUT2D eigenvalue weighted by molar-refractivity contribution is 6.29. The van der Waals surface area contributed by atoms with Crippen LogP contribution in [0.5, 0.6) is 0 Å². The summed E-state index contributed by atoms with van der Waals surface area (Å²) >= 11 is 0. The number of hydrogen-bond acceptors (Lipinski definition) is 4. The molecule has 4 nitrogen and oxygen atoms in total. The van der Waals surface area contributed by atoms with E-state index in [2.05, 4.69) is 9.97 Å². The summed E-state index contributed by atoms with van der Waals surface area (Å²) in [5.74, 6) is 0. The smallest absolute Gasteiger partial charge is 0.188 e. The van der Waals surface area contributed by atoms with E-state index in [0.29, 0.717) is 10.8 Å². The SMILES string of the molecule is O=c1cc2c3c(c(=O)cc4cncc1c4=3)c1ccc3cncc4ccc2c1c43. The van der Waals surface area contributed by atoms with Gasteiger partial charge in [-0.3, -0.25) is 19.6 Å². The molecule has 2 aromatic heterocycles. The van der Waals surface area contributed by atoms with Gasteiger partial charge in [-0.1, -0.05) is 24.3 Å². The van der Waals surface area contributed by atoms with Gasteiger partial charge < -0.3 is 0 Å². The van der Waals surface area contributed by atoms with Gasteiger partial charge >= 0.3 is 0 Å². The third kappa shape index (κ3) is 1.46. The molecular formula is C24H10N2O2. The molecule has 0 atom stereocenters. The Morgan fingerprint density at radius 1 is 0.500 bits per heavy atom. The molecule has 0 unspecified atom stereocenters. The van der Waals surface area contributed by atoms with Crippen molar-refractivity contribution in [1.29, 1.82) is 0 Å². The first kappa shape index (κ1) is 14.2. The number of aromatic nitrogens is 2. The molecule has 5 aromatic rings. The van der Waals surface area contributed by atoms with Crippen molar-refractivity contribution in [1.82, 2.24) is 9.97 Å². The van der Waals surface area contributed by atoms with Crippen LogP contribution in [0.25, 0.3) is 53.9 Å². The van der Waals surface area contributed by atoms with Crippen LogP contribution in [0, 0.1) is 10.4 Å². The minimum atomic E-state index is -0.0674. The van der Waals surface area contributed by atoms with E-state index in [4.69, 9.17) is 0 Å². The number of rotatable bonds is 0. The summed E-state index contributed by atoms with van der Waals surface area (Å²) in [7, 11) is 0. The molecule has 0 bridgehead atoms. The van der Waals surface area contributed by atoms with Crippen LogP contribution in [0.2, 0.25) is 0 Å². The summed E-state index contributed by atoms with van der Waals surface area (Å²) in [6, 6.07) is 11.4. The molecule has 0 N–H and O–H groups in total. The maximum absolute atomic E-state index is 13.2. The van der Waals surface area contributed by atoms with E-state index < -0.39 is 0 Å². The van der Waals surface area contributed by atoms with Gasteiger partial charge in [0.05, 0.1) is 0 Å². The van der Waals surface area contributed by atoms with Crippen molar-refractivity contribution in [2.24, 2.45) is 0 Å². The van der Waals surface area contributed by atoms with Crippen molar-refractivity contribution in [3.05, 3.63) is 92.1 Å². The normalized spacial score (nSPS) is 12.6. The summed E-state index contributed by atoms with van der Waals surface area (Å²) < 4.78 is 0. The first-order chi connectivity index (χ1) is 13.7. The third-order valence-corrected chi connectivity index (χ3v) is 6.03. The fourth-order valence-corrected chi connectivity index (χ4v) is 4.94. The van der Waals surface area contributed by atoms with Gasteiger partial charge in [0.2, 0.25) is 0 Å². The largest absolute Gasteiger partial charge is 0.289 e. The summed E-state index contributed by atoms with van der Waals surface area (Å²) in [6.07, 6.45) is 6.95. The van der Waals surface area contributed by atoms with Crippen LogP contribution >= 0.6 is 0 Å². The summed E-state index contributed by atoms with van der Waals surface area (Å²) in [6.45, 7) is 0. The number of fused-ring (bicyclic) bond motifs is 2. The molecule has 2 aliphatic rings. The van der Waals surface area contributed by atoms with Crippen LogP contribution in [0.1, 0.15) is 0 Å². The minimum absolute atomic E-state index is 0.0403. The van der Waals surface area contributed by atoms with Gasteiger partial charge in [0, 0.05) is 67.5 Å². The topological polar surface area (TPSA) is 59.9 Å². The molecule has 4 heteroatoms. The zero-order valence-electron chi connectivity index (χ0n) is 14.5. The number of benzene rings is 3. The van der Waals surface area contributed by atoms with Crippen molar-refractivity contribution in [2.45, 2.75) is 0 Å². The molecule has 0 amide bonds. The molecule has 28 heavy (non-hydrogen) atoms. The summed E-state index contributed by atoms with van der Waals surface area (Å²) in [5.41, 5.74) is -0.108. The van der Waals surface area contributed by atoms with E-state index >= 15 is 0 Å². The molecule has 0 spiro atoms. The number of nitrogens with zero attached hydrogens (tertiary/aromatic N) is 2. The fraction of sp³-hybridized carbons (Fsp3) is 0. The van der Waals surface area contributed by atoms with Gasteiger partial charge in [-0.05, 0) is 33.7 Å². The van der Waals surface area contributed by atoms with E-state index in [1.807, 2.05) is 36.7 Å². The van der Waals surface area contributed by atoms with Crippen LogP contribution in [0.15, 0.2) is 70.8 Å². The Bertz CT molecular complexity index is 1890. The number of pyridine rings is 2. The molecule has 128 valence electrons. The Morgan fingerprint density at radius 3 is 2.04 bits per heavy atom. The van der Waals surface area contributed by atoms with E-state index in [9.17, 15) is 9.59 Å². The average Bonchev–Trinajstić information content (AvgIpc) is 2.72. The molecule has 0 radical (unpaired) electrons. The highest BCUT2D eigenvalue weighted by Gasteiger charge is 2.18. The summed E-state index contributed by atoms with van der Waals surface area (Å²) in [5, 5.41) is 10.6. The second kappa shape index (κ2) is 4.49. The molecule has 2 heterocycles. The van der Waals surface area contributed by atoms with Crippen molar-refractivity contribution in [3.8, 4) is 0 Å². The van der Waals surface area contributed by atoms with Gasteiger partial charge in [0.1, 0.15) is 0 Å². The van der Waals surface area contributed by atoms with Gasteiger partial charge in [0.25, 0.3) is 0 Å². The predicted molar refractivity (Wildman–Crippen MR) is 111 cm³/mol. The van der Waals surface area contributed by atoms with Crippen molar-refractivity contribution >= 4 is 53.9 Å². The fourth-order valence-electron chi connectivity index (χ4n) is 4.94.